The van der Waals surface area contributed by atoms with Gasteiger partial charge in [0.2, 0.25) is 11.8 Å². The second kappa shape index (κ2) is 20.4. The van der Waals surface area contributed by atoms with Crippen LogP contribution < -0.4 is 31.5 Å². The van der Waals surface area contributed by atoms with Crippen molar-refractivity contribution < 1.29 is 28.4 Å². The number of nitrogens with zero attached hydrogens (tertiary/aromatic N) is 7. The van der Waals surface area contributed by atoms with Crippen LogP contribution in [0.2, 0.25) is 0 Å². The fourth-order valence-corrected chi connectivity index (χ4v) is 10.9. The Labute approximate surface area is 415 Å². The lowest BCUT2D eigenvalue weighted by Gasteiger charge is -2.40. The normalized spacial score (nSPS) is 19.5. The van der Waals surface area contributed by atoms with Crippen LogP contribution >= 0.6 is 11.8 Å². The highest BCUT2D eigenvalue weighted by atomic mass is 32.2. The van der Waals surface area contributed by atoms with Crippen molar-refractivity contribution in [3.05, 3.63) is 137 Å². The number of nitrogens with one attached hydrogen (secondary N) is 3. The summed E-state index contributed by atoms with van der Waals surface area (Å²) in [6, 6.07) is 20.9. The van der Waals surface area contributed by atoms with Gasteiger partial charge in [-0.3, -0.25) is 39.2 Å². The van der Waals surface area contributed by atoms with Crippen LogP contribution in [0.5, 0.6) is 0 Å². The molecule has 5 N–H and O–H groups in total. The van der Waals surface area contributed by atoms with Crippen molar-refractivity contribution in [1.82, 2.24) is 35.4 Å². The average molecular weight is 978 g/mol. The number of benzene rings is 3. The van der Waals surface area contributed by atoms with Crippen LogP contribution in [0.3, 0.4) is 0 Å². The first kappa shape index (κ1) is 47.6. The molecule has 0 bridgehead atoms. The summed E-state index contributed by atoms with van der Waals surface area (Å²) in [4.78, 5) is 86.3. The molecule has 1 atom stereocenters. The van der Waals surface area contributed by atoms with Gasteiger partial charge >= 0.3 is 0 Å². The minimum Gasteiger partial charge on any atom is -0.369 e. The molecule has 3 fully saturated rings. The second-order valence-corrected chi connectivity index (χ2v) is 20.4. The maximum atomic E-state index is 15.7. The average Bonchev–Trinajstić information content (AvgIpc) is 3.70. The van der Waals surface area contributed by atoms with E-state index in [0.717, 1.165) is 90.7 Å². The Hall–Kier alpha value is -7.02. The highest BCUT2D eigenvalue weighted by Crippen LogP contribution is 2.33. The third-order valence-electron chi connectivity index (χ3n) is 14.3. The summed E-state index contributed by atoms with van der Waals surface area (Å²) in [7, 11) is 0. The van der Waals surface area contributed by atoms with E-state index in [1.165, 1.54) is 28.3 Å². The zero-order chi connectivity index (χ0) is 49.2. The smallest absolute Gasteiger partial charge is 0.270 e. The van der Waals surface area contributed by atoms with E-state index in [1.54, 1.807) is 55.0 Å². The Bertz CT molecular complexity index is 2900. The number of fused-ring (bicyclic) bond motifs is 1. The number of piperidine rings is 3. The van der Waals surface area contributed by atoms with Crippen LogP contribution in [0.4, 0.5) is 21.6 Å². The molecule has 2 aromatic heterocycles. The standard InChI is InChI=1S/C53H56FN11O5S/c1-53(55)17-23-64(24-18-53)46-30-58-48(31-57-46)71-40-4-2-3-38(27-40)60-49(67)35-7-10-44(42(54)26-35)63-21-15-39(16-22-63)62-19-13-34(14-20-62)36-6-9-43(56-29-36)50(68)59-28-33-5-8-41-37(25-33)32-65(52(41)70)45-11-12-47(66)61-51(45)69/h2-10,13,25-27,29-31,39,45H,11-12,14-24,28,32,55H2,1H3,(H,59,68)(H,60,67)(H,61,66,69). The van der Waals surface area contributed by atoms with Gasteiger partial charge in [-0.25, -0.2) is 14.4 Å². The van der Waals surface area contributed by atoms with E-state index < -0.39 is 23.7 Å². The molecule has 0 saturated carbocycles. The van der Waals surface area contributed by atoms with Crippen LogP contribution in [-0.4, -0.2) is 111 Å². The number of hydrogen-bond acceptors (Lipinski definition) is 13. The Morgan fingerprint density at radius 1 is 0.859 bits per heavy atom. The molecule has 0 aliphatic carbocycles. The first-order valence-electron chi connectivity index (χ1n) is 24.3. The fourth-order valence-electron chi connectivity index (χ4n) is 10.1. The zero-order valence-electron chi connectivity index (χ0n) is 39.5. The lowest BCUT2D eigenvalue weighted by Crippen LogP contribution is -2.52. The van der Waals surface area contributed by atoms with Gasteiger partial charge in [0.1, 0.15) is 28.4 Å². The highest BCUT2D eigenvalue weighted by Gasteiger charge is 2.39. The summed E-state index contributed by atoms with van der Waals surface area (Å²) in [5.41, 5.74) is 12.0. The van der Waals surface area contributed by atoms with Crippen LogP contribution in [0.1, 0.15) is 99.8 Å². The lowest BCUT2D eigenvalue weighted by atomic mass is 9.91. The molecule has 7 heterocycles. The largest absolute Gasteiger partial charge is 0.369 e. The monoisotopic (exact) mass is 977 g/mol. The first-order valence-corrected chi connectivity index (χ1v) is 25.1. The first-order chi connectivity index (χ1) is 34.3. The Kier molecular flexibility index (Phi) is 13.7. The molecule has 3 saturated heterocycles. The van der Waals surface area contributed by atoms with E-state index in [4.69, 9.17) is 5.73 Å². The molecule has 366 valence electrons. The molecule has 3 aromatic carbocycles. The van der Waals surface area contributed by atoms with Gasteiger partial charge in [0.05, 0.1) is 18.1 Å². The number of nitrogens with two attached hydrogens (primary N) is 1. The number of amides is 5. The number of aromatic nitrogens is 3. The molecule has 5 aliphatic rings. The molecule has 16 nitrogen and oxygen atoms in total. The van der Waals surface area contributed by atoms with E-state index >= 15 is 4.39 Å². The number of carbonyl (C=O) groups is 5. The summed E-state index contributed by atoms with van der Waals surface area (Å²) in [5, 5.41) is 8.90. The number of hydrogen-bond donors (Lipinski definition) is 4. The number of halogens is 1. The highest BCUT2D eigenvalue weighted by molar-refractivity contribution is 7.99. The summed E-state index contributed by atoms with van der Waals surface area (Å²) in [5.74, 6) is -1.31. The van der Waals surface area contributed by atoms with Gasteiger partial charge in [0.25, 0.3) is 17.7 Å². The quantitative estimate of drug-likeness (QED) is 0.104. The molecule has 5 amide bonds. The van der Waals surface area contributed by atoms with Gasteiger partial charge in [-0.1, -0.05) is 42.1 Å². The molecule has 10 rings (SSSR count). The summed E-state index contributed by atoms with van der Waals surface area (Å²) in [6.45, 7) is 7.36. The van der Waals surface area contributed by atoms with Gasteiger partial charge in [0, 0.05) is 98.3 Å². The predicted molar refractivity (Wildman–Crippen MR) is 268 cm³/mol. The van der Waals surface area contributed by atoms with Gasteiger partial charge in [-0.05, 0) is 116 Å². The topological polar surface area (TPSA) is 199 Å². The summed E-state index contributed by atoms with van der Waals surface area (Å²) < 4.78 is 15.7. The zero-order valence-corrected chi connectivity index (χ0v) is 40.4. The van der Waals surface area contributed by atoms with Crippen LogP contribution in [0, 0.1) is 5.82 Å². The Morgan fingerprint density at radius 2 is 1.69 bits per heavy atom. The van der Waals surface area contributed by atoms with E-state index in [1.807, 2.05) is 30.3 Å². The van der Waals surface area contributed by atoms with Crippen molar-refractivity contribution in [3.8, 4) is 0 Å². The molecule has 18 heteroatoms. The van der Waals surface area contributed by atoms with E-state index in [9.17, 15) is 24.0 Å². The predicted octanol–water partition coefficient (Wildman–Crippen LogP) is 6.18. The number of anilines is 3. The van der Waals surface area contributed by atoms with Crippen LogP contribution in [0.15, 0.2) is 107 Å². The number of imide groups is 1. The molecule has 5 aromatic rings. The van der Waals surface area contributed by atoms with Gasteiger partial charge in [0.15, 0.2) is 0 Å². The van der Waals surface area contributed by atoms with Crippen molar-refractivity contribution in [2.75, 3.05) is 54.4 Å². The third-order valence-corrected chi connectivity index (χ3v) is 15.2. The lowest BCUT2D eigenvalue weighted by molar-refractivity contribution is -0.136. The SMILES string of the molecule is CC1(N)CCN(c2cnc(Sc3cccc(NC(=O)c4ccc(N5CCC(N6CC=C(c7ccc(C(=O)NCc8ccc9c(c8)CN(C8CCC(=O)NC8=O)C9=O)nc7)CC6)CC5)c(F)c4)c3)cn2)CC1. The molecule has 71 heavy (non-hydrogen) atoms. The Morgan fingerprint density at radius 3 is 2.41 bits per heavy atom. The number of rotatable bonds is 12. The van der Waals surface area contributed by atoms with E-state index in [-0.39, 0.29) is 48.3 Å². The van der Waals surface area contributed by atoms with Crippen LogP contribution in [0.25, 0.3) is 5.57 Å². The maximum Gasteiger partial charge on any atom is 0.270 e. The van der Waals surface area contributed by atoms with Gasteiger partial charge < -0.3 is 31.1 Å². The van der Waals surface area contributed by atoms with Crippen molar-refractivity contribution in [2.24, 2.45) is 5.73 Å². The van der Waals surface area contributed by atoms with Crippen molar-refractivity contribution in [3.63, 3.8) is 0 Å². The maximum absolute atomic E-state index is 15.7. The second-order valence-electron chi connectivity index (χ2n) is 19.3. The molecule has 5 aliphatic heterocycles. The molecule has 0 radical (unpaired) electrons. The number of pyridine rings is 1. The van der Waals surface area contributed by atoms with Crippen molar-refractivity contribution in [2.45, 2.75) is 92.5 Å². The minimum absolute atomic E-state index is 0.140. The minimum atomic E-state index is -0.684. The molecular formula is C53H56FN11O5S. The molecule has 1 unspecified atom stereocenters. The Balaban J connectivity index is 0.662. The fraction of sp³-hybridized carbons (Fsp3) is 0.358. The van der Waals surface area contributed by atoms with Crippen molar-refractivity contribution in [1.29, 1.82) is 0 Å². The third kappa shape index (κ3) is 10.8. The molecular weight excluding hydrogens is 922 g/mol. The van der Waals surface area contributed by atoms with E-state index in [2.05, 4.69) is 58.6 Å². The summed E-state index contributed by atoms with van der Waals surface area (Å²) in [6.07, 6.45) is 12.4. The molecule has 0 spiro atoms. The summed E-state index contributed by atoms with van der Waals surface area (Å²) >= 11 is 1.45. The van der Waals surface area contributed by atoms with Crippen LogP contribution in [-0.2, 0) is 22.7 Å². The number of carbonyl (C=O) groups excluding carboxylic acids is 5. The van der Waals surface area contributed by atoms with Crippen molar-refractivity contribution >= 4 is 64.1 Å². The van der Waals surface area contributed by atoms with Gasteiger partial charge in [-0.2, -0.15) is 0 Å². The van der Waals surface area contributed by atoms with Gasteiger partial charge in [-0.15, -0.1) is 0 Å². The van der Waals surface area contributed by atoms with E-state index in [0.29, 0.717) is 48.2 Å².